The van der Waals surface area contributed by atoms with Crippen LogP contribution >= 0.6 is 0 Å². The van der Waals surface area contributed by atoms with Crippen molar-refractivity contribution < 1.29 is 14.6 Å². The topological polar surface area (TPSA) is 49.4 Å². The zero-order valence-corrected chi connectivity index (χ0v) is 13.0. The number of carbonyl (C=O) groups excluding carboxylic acids is 1. The highest BCUT2D eigenvalue weighted by Gasteiger charge is 2.19. The fourth-order valence-electron chi connectivity index (χ4n) is 2.36. The first-order chi connectivity index (χ1) is 11.7. The minimum atomic E-state index is -0.497. The molecule has 24 heavy (non-hydrogen) atoms. The zero-order valence-electron chi connectivity index (χ0n) is 13.0. The summed E-state index contributed by atoms with van der Waals surface area (Å²) in [7, 11) is 0. The number of rotatable bonds is 4. The predicted octanol–water partition coefficient (Wildman–Crippen LogP) is 5.31. The van der Waals surface area contributed by atoms with Crippen LogP contribution in [0.5, 0.6) is 5.75 Å². The van der Waals surface area contributed by atoms with Gasteiger partial charge in [-0.05, 0) is 42.0 Å². The molecule has 0 saturated carbocycles. The largest absolute Gasteiger partial charge is 0.444 e. The molecule has 0 atom stereocenters. The van der Waals surface area contributed by atoms with Crippen LogP contribution in [0.1, 0.15) is 5.56 Å². The summed E-state index contributed by atoms with van der Waals surface area (Å²) in [5.74, 6) is -0.105. The van der Waals surface area contributed by atoms with Gasteiger partial charge in [0.15, 0.2) is 5.75 Å². The molecule has 0 unspecified atom stereocenters. The van der Waals surface area contributed by atoms with Gasteiger partial charge in [0.05, 0.1) is 11.4 Å². The van der Waals surface area contributed by atoms with Crippen molar-refractivity contribution in [1.29, 1.82) is 0 Å². The quantitative estimate of drug-likeness (QED) is 0.655. The van der Waals surface area contributed by atoms with E-state index in [0.717, 1.165) is 0 Å². The molecular formula is C20H16NO3. The Kier molecular flexibility index (Phi) is 4.77. The lowest BCUT2D eigenvalue weighted by Crippen LogP contribution is -2.26. The van der Waals surface area contributed by atoms with Crippen molar-refractivity contribution in [3.63, 3.8) is 0 Å². The molecule has 1 radical (unpaired) electrons. The molecule has 3 aromatic carbocycles. The molecule has 0 bridgehead atoms. The van der Waals surface area contributed by atoms with E-state index in [0.29, 0.717) is 16.9 Å². The third-order valence-corrected chi connectivity index (χ3v) is 3.47. The lowest BCUT2D eigenvalue weighted by molar-refractivity contribution is 0.149. The van der Waals surface area contributed by atoms with E-state index in [2.05, 4.69) is 0 Å². The molecule has 4 heteroatoms. The summed E-state index contributed by atoms with van der Waals surface area (Å²) in [6, 6.07) is 24.9. The van der Waals surface area contributed by atoms with E-state index in [9.17, 15) is 9.90 Å². The highest BCUT2D eigenvalue weighted by atomic mass is 16.6. The average molecular weight is 318 g/mol. The summed E-state index contributed by atoms with van der Waals surface area (Å²) >= 11 is 0. The van der Waals surface area contributed by atoms with Crippen LogP contribution in [0.25, 0.3) is 0 Å². The molecule has 0 spiro atoms. The molecule has 0 heterocycles. The third kappa shape index (κ3) is 3.73. The molecule has 0 aliphatic rings. The van der Waals surface area contributed by atoms with Crippen LogP contribution in [0.4, 0.5) is 16.2 Å². The smallest absolute Gasteiger partial charge is 0.419 e. The van der Waals surface area contributed by atoms with Crippen molar-refractivity contribution in [2.24, 2.45) is 0 Å². The number of anilines is 2. The lowest BCUT2D eigenvalue weighted by Gasteiger charge is -2.22. The molecule has 119 valence electrons. The Balaban J connectivity index is 1.82. The van der Waals surface area contributed by atoms with Crippen molar-refractivity contribution in [3.8, 4) is 5.75 Å². The van der Waals surface area contributed by atoms with Gasteiger partial charge in [-0.3, -0.25) is 5.11 Å². The molecule has 0 aliphatic carbocycles. The SMILES string of the molecule is [O]c1cccc(COC(=O)N(c2ccccc2)c2ccccc2)c1. The zero-order chi connectivity index (χ0) is 16.8. The summed E-state index contributed by atoms with van der Waals surface area (Å²) in [5, 5.41) is 11.4. The number of nitrogens with zero attached hydrogens (tertiary/aromatic N) is 1. The first-order valence-corrected chi connectivity index (χ1v) is 7.57. The Bertz CT molecular complexity index is 764. The maximum Gasteiger partial charge on any atom is 0.419 e. The second-order valence-electron chi connectivity index (χ2n) is 5.21. The first-order valence-electron chi connectivity index (χ1n) is 7.57. The second-order valence-corrected chi connectivity index (χ2v) is 5.21. The first kappa shape index (κ1) is 15.6. The summed E-state index contributed by atoms with van der Waals surface area (Å²) in [4.78, 5) is 14.1. The van der Waals surface area contributed by atoms with Crippen LogP contribution in [0.2, 0.25) is 0 Å². The molecule has 0 aromatic heterocycles. The normalized spacial score (nSPS) is 10.2. The van der Waals surface area contributed by atoms with E-state index in [4.69, 9.17) is 4.74 Å². The Hall–Kier alpha value is -3.27. The molecule has 0 fully saturated rings. The van der Waals surface area contributed by atoms with Crippen molar-refractivity contribution in [2.75, 3.05) is 4.90 Å². The van der Waals surface area contributed by atoms with Gasteiger partial charge in [0.25, 0.3) is 0 Å². The molecule has 3 rings (SSSR count). The Morgan fingerprint density at radius 1 is 0.792 bits per heavy atom. The molecule has 0 saturated heterocycles. The Morgan fingerprint density at radius 2 is 1.38 bits per heavy atom. The van der Waals surface area contributed by atoms with E-state index in [-0.39, 0.29) is 12.4 Å². The van der Waals surface area contributed by atoms with E-state index in [1.165, 1.54) is 17.0 Å². The van der Waals surface area contributed by atoms with Crippen molar-refractivity contribution in [3.05, 3.63) is 90.5 Å². The monoisotopic (exact) mass is 318 g/mol. The van der Waals surface area contributed by atoms with Gasteiger partial charge < -0.3 is 4.74 Å². The second kappa shape index (κ2) is 7.33. The van der Waals surface area contributed by atoms with Gasteiger partial charge in [-0.25, -0.2) is 9.69 Å². The van der Waals surface area contributed by atoms with Gasteiger partial charge in [0, 0.05) is 0 Å². The van der Waals surface area contributed by atoms with Crippen LogP contribution in [-0.4, -0.2) is 6.09 Å². The van der Waals surface area contributed by atoms with E-state index >= 15 is 0 Å². The highest BCUT2D eigenvalue weighted by Crippen LogP contribution is 2.26. The molecule has 1 amide bonds. The number of amides is 1. The molecule has 3 aromatic rings. The third-order valence-electron chi connectivity index (χ3n) is 3.47. The van der Waals surface area contributed by atoms with Crippen LogP contribution in [0.15, 0.2) is 84.9 Å². The van der Waals surface area contributed by atoms with Crippen molar-refractivity contribution in [2.45, 2.75) is 6.61 Å². The highest BCUT2D eigenvalue weighted by molar-refractivity contribution is 5.95. The molecular weight excluding hydrogens is 302 g/mol. The average Bonchev–Trinajstić information content (AvgIpc) is 2.62. The maximum atomic E-state index is 12.6. The number of hydrogen-bond donors (Lipinski definition) is 0. The maximum absolute atomic E-state index is 12.6. The van der Waals surface area contributed by atoms with Crippen LogP contribution in [0, 0.1) is 0 Å². The number of hydrogen-bond acceptors (Lipinski definition) is 2. The van der Waals surface area contributed by atoms with Gasteiger partial charge in [-0.15, -0.1) is 0 Å². The van der Waals surface area contributed by atoms with Gasteiger partial charge in [0.1, 0.15) is 6.61 Å². The predicted molar refractivity (Wildman–Crippen MR) is 91.8 cm³/mol. The molecule has 0 N–H and O–H groups in total. The Morgan fingerprint density at radius 3 is 1.92 bits per heavy atom. The minimum Gasteiger partial charge on any atom is -0.444 e. The standard InChI is InChI=1S/C20H16NO3/c22-19-13-7-8-16(14-19)15-24-20(23)21(17-9-3-1-4-10-17)18-11-5-2-6-12-18/h1-14H,15H2. The van der Waals surface area contributed by atoms with Crippen molar-refractivity contribution in [1.82, 2.24) is 0 Å². The van der Waals surface area contributed by atoms with Crippen LogP contribution in [-0.2, 0) is 16.5 Å². The van der Waals surface area contributed by atoms with Gasteiger partial charge >= 0.3 is 6.09 Å². The van der Waals surface area contributed by atoms with Crippen molar-refractivity contribution >= 4 is 17.5 Å². The van der Waals surface area contributed by atoms with E-state index in [1.807, 2.05) is 60.7 Å². The fourth-order valence-corrected chi connectivity index (χ4v) is 2.36. The van der Waals surface area contributed by atoms with E-state index < -0.39 is 6.09 Å². The number of carbonyl (C=O) groups is 1. The minimum absolute atomic E-state index is 0.0467. The molecule has 0 aliphatic heterocycles. The summed E-state index contributed by atoms with van der Waals surface area (Å²) in [6.45, 7) is 0.0467. The lowest BCUT2D eigenvalue weighted by atomic mass is 10.2. The Labute approximate surface area is 140 Å². The number of ether oxygens (including phenoxy) is 1. The van der Waals surface area contributed by atoms with Gasteiger partial charge in [-0.2, -0.15) is 0 Å². The van der Waals surface area contributed by atoms with Gasteiger partial charge in [-0.1, -0.05) is 48.5 Å². The summed E-state index contributed by atoms with van der Waals surface area (Å²) in [5.41, 5.74) is 2.09. The molecule has 4 nitrogen and oxygen atoms in total. The summed E-state index contributed by atoms with van der Waals surface area (Å²) < 4.78 is 5.40. The van der Waals surface area contributed by atoms with Gasteiger partial charge in [0.2, 0.25) is 0 Å². The fraction of sp³-hybridized carbons (Fsp3) is 0.0500. The number of benzene rings is 3. The van der Waals surface area contributed by atoms with Crippen LogP contribution < -0.4 is 4.90 Å². The van der Waals surface area contributed by atoms with E-state index in [1.54, 1.807) is 12.1 Å². The van der Waals surface area contributed by atoms with Crippen LogP contribution in [0.3, 0.4) is 0 Å². The number of para-hydroxylation sites is 2. The summed E-state index contributed by atoms with van der Waals surface area (Å²) in [6.07, 6.45) is -0.497.